The normalized spacial score (nSPS) is 19.9. The molecule has 0 unspecified atom stereocenters. The molecule has 0 saturated carbocycles. The average Bonchev–Trinajstić information content (AvgIpc) is 2.49. The summed E-state index contributed by atoms with van der Waals surface area (Å²) in [6.45, 7) is 1.99. The molecule has 0 bridgehead atoms. The van der Waals surface area contributed by atoms with E-state index < -0.39 is 12.1 Å². The van der Waals surface area contributed by atoms with Gasteiger partial charge >= 0.3 is 6.03 Å². The number of imide groups is 1. The first-order valence-corrected chi connectivity index (χ1v) is 4.82. The van der Waals surface area contributed by atoms with Crippen LogP contribution in [-0.2, 0) is 11.2 Å². The second kappa shape index (κ2) is 3.73. The summed E-state index contributed by atoms with van der Waals surface area (Å²) in [6.07, 6.45) is 0.546. The molecule has 78 valence electrons. The fraction of sp³-hybridized carbons (Fsp3) is 0.273. The van der Waals surface area contributed by atoms with Gasteiger partial charge in [-0.15, -0.1) is 0 Å². The Bertz CT molecular complexity index is 415. The molecule has 2 rings (SSSR count). The largest absolute Gasteiger partial charge is 0.326 e. The summed E-state index contributed by atoms with van der Waals surface area (Å²) in [6, 6.07) is 7.00. The molecule has 1 heterocycles. The van der Waals surface area contributed by atoms with Crippen molar-refractivity contribution in [3.05, 3.63) is 35.4 Å². The zero-order valence-corrected chi connectivity index (χ0v) is 8.41. The van der Waals surface area contributed by atoms with E-state index in [1.807, 2.05) is 31.2 Å². The minimum Gasteiger partial charge on any atom is -0.326 e. The number of amides is 3. The fourth-order valence-electron chi connectivity index (χ4n) is 1.66. The Labute approximate surface area is 87.7 Å². The van der Waals surface area contributed by atoms with Gasteiger partial charge in [0.25, 0.3) is 5.91 Å². The van der Waals surface area contributed by atoms with Crippen LogP contribution in [0.1, 0.15) is 11.1 Å². The number of carbonyl (C=O) groups is 2. The summed E-state index contributed by atoms with van der Waals surface area (Å²) in [4.78, 5) is 22.2. The standard InChI is InChI=1S/C11H12N2O2/c1-7-4-2-3-5-8(7)6-9-10(14)13-11(15)12-9/h2-5,9H,6H2,1H3,(H2,12,13,14,15)/t9-/m1/s1. The van der Waals surface area contributed by atoms with Gasteiger partial charge in [0, 0.05) is 6.42 Å². The molecule has 2 N–H and O–H groups in total. The van der Waals surface area contributed by atoms with Gasteiger partial charge < -0.3 is 5.32 Å². The van der Waals surface area contributed by atoms with Gasteiger partial charge in [-0.2, -0.15) is 0 Å². The van der Waals surface area contributed by atoms with E-state index in [0.717, 1.165) is 11.1 Å². The number of urea groups is 1. The molecule has 1 aliphatic rings. The fourth-order valence-corrected chi connectivity index (χ4v) is 1.66. The molecule has 15 heavy (non-hydrogen) atoms. The third kappa shape index (κ3) is 1.98. The minimum atomic E-state index is -0.432. The van der Waals surface area contributed by atoms with Crippen LogP contribution >= 0.6 is 0 Å². The van der Waals surface area contributed by atoms with Crippen LogP contribution < -0.4 is 10.6 Å². The van der Waals surface area contributed by atoms with Gasteiger partial charge in [-0.3, -0.25) is 10.1 Å². The quantitative estimate of drug-likeness (QED) is 0.698. The molecule has 0 radical (unpaired) electrons. The molecule has 1 saturated heterocycles. The highest BCUT2D eigenvalue weighted by atomic mass is 16.2. The van der Waals surface area contributed by atoms with E-state index in [2.05, 4.69) is 10.6 Å². The Morgan fingerprint density at radius 3 is 2.60 bits per heavy atom. The van der Waals surface area contributed by atoms with Crippen molar-refractivity contribution in [3.8, 4) is 0 Å². The lowest BCUT2D eigenvalue weighted by Gasteiger charge is -2.09. The highest BCUT2D eigenvalue weighted by molar-refractivity contribution is 6.04. The van der Waals surface area contributed by atoms with Crippen molar-refractivity contribution in [2.75, 3.05) is 0 Å². The first-order valence-electron chi connectivity index (χ1n) is 4.82. The van der Waals surface area contributed by atoms with Crippen molar-refractivity contribution in [2.24, 2.45) is 0 Å². The molecule has 3 amide bonds. The Morgan fingerprint density at radius 2 is 2.00 bits per heavy atom. The monoisotopic (exact) mass is 204 g/mol. The molecule has 0 aromatic heterocycles. The van der Waals surface area contributed by atoms with Crippen LogP contribution in [0.3, 0.4) is 0 Å². The van der Waals surface area contributed by atoms with E-state index in [1.54, 1.807) is 0 Å². The minimum absolute atomic E-state index is 0.247. The molecular formula is C11H12N2O2. The highest BCUT2D eigenvalue weighted by Gasteiger charge is 2.29. The number of hydrogen-bond acceptors (Lipinski definition) is 2. The van der Waals surface area contributed by atoms with Crippen LogP contribution in [0.5, 0.6) is 0 Å². The summed E-state index contributed by atoms with van der Waals surface area (Å²) in [5.41, 5.74) is 2.21. The smallest absolute Gasteiger partial charge is 0.322 e. The van der Waals surface area contributed by atoms with E-state index in [0.29, 0.717) is 6.42 Å². The molecule has 1 aliphatic heterocycles. The number of rotatable bonds is 2. The first-order chi connectivity index (χ1) is 7.16. The number of hydrogen-bond donors (Lipinski definition) is 2. The van der Waals surface area contributed by atoms with Crippen LogP contribution in [0.4, 0.5) is 4.79 Å². The number of benzene rings is 1. The second-order valence-electron chi connectivity index (χ2n) is 3.65. The average molecular weight is 204 g/mol. The maximum absolute atomic E-state index is 11.3. The molecule has 1 fully saturated rings. The van der Waals surface area contributed by atoms with Crippen LogP contribution in [0.25, 0.3) is 0 Å². The lowest BCUT2D eigenvalue weighted by molar-refractivity contribution is -0.120. The Balaban J connectivity index is 2.13. The molecule has 1 aromatic carbocycles. The summed E-state index contributed by atoms with van der Waals surface area (Å²) in [7, 11) is 0. The molecule has 0 aliphatic carbocycles. The molecule has 0 spiro atoms. The van der Waals surface area contributed by atoms with Crippen molar-refractivity contribution in [2.45, 2.75) is 19.4 Å². The third-order valence-corrected chi connectivity index (χ3v) is 2.54. The number of carbonyl (C=O) groups excluding carboxylic acids is 2. The van der Waals surface area contributed by atoms with Crippen molar-refractivity contribution >= 4 is 11.9 Å². The highest BCUT2D eigenvalue weighted by Crippen LogP contribution is 2.11. The SMILES string of the molecule is Cc1ccccc1C[C@H]1NC(=O)NC1=O. The third-order valence-electron chi connectivity index (χ3n) is 2.54. The predicted molar refractivity (Wildman–Crippen MR) is 55.3 cm³/mol. The van der Waals surface area contributed by atoms with E-state index in [-0.39, 0.29) is 5.91 Å². The van der Waals surface area contributed by atoms with Gasteiger partial charge in [-0.05, 0) is 18.1 Å². The first kappa shape index (κ1) is 9.71. The lowest BCUT2D eigenvalue weighted by atomic mass is 10.0. The summed E-state index contributed by atoms with van der Waals surface area (Å²) >= 11 is 0. The predicted octanol–water partition coefficient (Wildman–Crippen LogP) is 0.746. The summed E-state index contributed by atoms with van der Waals surface area (Å²) < 4.78 is 0. The topological polar surface area (TPSA) is 58.2 Å². The Hall–Kier alpha value is -1.84. The zero-order valence-electron chi connectivity index (χ0n) is 8.41. The van der Waals surface area contributed by atoms with E-state index >= 15 is 0 Å². The summed E-state index contributed by atoms with van der Waals surface area (Å²) in [5, 5.41) is 4.80. The van der Waals surface area contributed by atoms with E-state index in [9.17, 15) is 9.59 Å². The number of nitrogens with one attached hydrogen (secondary N) is 2. The van der Waals surface area contributed by atoms with E-state index in [1.165, 1.54) is 0 Å². The van der Waals surface area contributed by atoms with Crippen LogP contribution in [0.15, 0.2) is 24.3 Å². The van der Waals surface area contributed by atoms with Gasteiger partial charge in [0.1, 0.15) is 6.04 Å². The molecule has 4 heteroatoms. The molecule has 1 atom stereocenters. The molecular weight excluding hydrogens is 192 g/mol. The maximum Gasteiger partial charge on any atom is 0.322 e. The van der Waals surface area contributed by atoms with Crippen LogP contribution in [0, 0.1) is 6.92 Å². The van der Waals surface area contributed by atoms with Crippen molar-refractivity contribution in [3.63, 3.8) is 0 Å². The maximum atomic E-state index is 11.3. The van der Waals surface area contributed by atoms with Gasteiger partial charge in [0.2, 0.25) is 0 Å². The van der Waals surface area contributed by atoms with Crippen molar-refractivity contribution in [1.82, 2.24) is 10.6 Å². The van der Waals surface area contributed by atoms with Gasteiger partial charge in [0.05, 0.1) is 0 Å². The Kier molecular flexibility index (Phi) is 2.41. The van der Waals surface area contributed by atoms with Crippen molar-refractivity contribution in [1.29, 1.82) is 0 Å². The van der Waals surface area contributed by atoms with Crippen LogP contribution in [0.2, 0.25) is 0 Å². The second-order valence-corrected chi connectivity index (χ2v) is 3.65. The van der Waals surface area contributed by atoms with E-state index in [4.69, 9.17) is 0 Å². The van der Waals surface area contributed by atoms with Gasteiger partial charge in [-0.25, -0.2) is 4.79 Å². The lowest BCUT2D eigenvalue weighted by Crippen LogP contribution is -2.31. The van der Waals surface area contributed by atoms with Gasteiger partial charge in [-0.1, -0.05) is 24.3 Å². The molecule has 1 aromatic rings. The molecule has 4 nitrogen and oxygen atoms in total. The van der Waals surface area contributed by atoms with Gasteiger partial charge in [0.15, 0.2) is 0 Å². The Morgan fingerprint density at radius 1 is 1.27 bits per heavy atom. The zero-order chi connectivity index (χ0) is 10.8. The number of aryl methyl sites for hydroxylation is 1. The van der Waals surface area contributed by atoms with Crippen LogP contribution in [-0.4, -0.2) is 18.0 Å². The summed E-state index contributed by atoms with van der Waals surface area (Å²) in [5.74, 6) is -0.247. The van der Waals surface area contributed by atoms with Crippen molar-refractivity contribution < 1.29 is 9.59 Å².